The maximum atomic E-state index is 11.8. The molecule has 0 saturated carbocycles. The third kappa shape index (κ3) is 2.82. The number of nitro groups is 1. The van der Waals surface area contributed by atoms with Crippen molar-refractivity contribution in [1.82, 2.24) is 5.32 Å². The van der Waals surface area contributed by atoms with E-state index < -0.39 is 17.1 Å². The van der Waals surface area contributed by atoms with Gasteiger partial charge in [-0.3, -0.25) is 14.9 Å². The number of benzene rings is 1. The topological polar surface area (TPSA) is 104 Å². The number of amides is 1. The minimum atomic E-state index is -0.502. The molecular weight excluding hydrogens is 238 g/mol. The van der Waals surface area contributed by atoms with Crippen molar-refractivity contribution in [3.63, 3.8) is 0 Å². The lowest BCUT2D eigenvalue weighted by Crippen LogP contribution is -2.35. The molecule has 2 unspecified atom stereocenters. The first kappa shape index (κ1) is 12.5. The molecule has 7 heteroatoms. The molecule has 0 radical (unpaired) electrons. The first-order chi connectivity index (χ1) is 8.56. The number of non-ortho nitro benzene ring substituents is 1. The van der Waals surface area contributed by atoms with Gasteiger partial charge in [-0.15, -0.1) is 0 Å². The summed E-state index contributed by atoms with van der Waals surface area (Å²) in [6, 6.07) is 5.18. The van der Waals surface area contributed by atoms with E-state index in [4.69, 9.17) is 0 Å². The van der Waals surface area contributed by atoms with Crippen LogP contribution in [0.25, 0.3) is 0 Å². The largest absolute Gasteiger partial charge is 0.392 e. The normalized spacial score (nSPS) is 22.7. The number of aliphatic hydroxyl groups is 1. The van der Waals surface area contributed by atoms with Gasteiger partial charge in [-0.05, 0) is 18.6 Å². The van der Waals surface area contributed by atoms with Gasteiger partial charge >= 0.3 is 0 Å². The number of carbonyl (C=O) groups excluding carboxylic acids is 1. The summed E-state index contributed by atoms with van der Waals surface area (Å²) >= 11 is 0. The summed E-state index contributed by atoms with van der Waals surface area (Å²) in [4.78, 5) is 21.7. The molecule has 18 heavy (non-hydrogen) atoms. The Hall–Kier alpha value is -1.99. The Balaban J connectivity index is 1.97. The van der Waals surface area contributed by atoms with Crippen LogP contribution in [-0.4, -0.2) is 34.6 Å². The summed E-state index contributed by atoms with van der Waals surface area (Å²) < 4.78 is 0. The number of nitrogens with one attached hydrogen (secondary N) is 2. The number of rotatable bonds is 3. The zero-order valence-corrected chi connectivity index (χ0v) is 9.50. The predicted molar refractivity (Wildman–Crippen MR) is 64.1 cm³/mol. The van der Waals surface area contributed by atoms with E-state index in [1.165, 1.54) is 24.3 Å². The van der Waals surface area contributed by atoms with Gasteiger partial charge in [-0.2, -0.15) is 0 Å². The smallest absolute Gasteiger partial charge is 0.269 e. The fraction of sp³-hybridized carbons (Fsp3) is 0.364. The lowest BCUT2D eigenvalue weighted by atomic mass is 10.2. The van der Waals surface area contributed by atoms with Crippen molar-refractivity contribution in [2.75, 3.05) is 11.9 Å². The van der Waals surface area contributed by atoms with Crippen molar-refractivity contribution in [2.24, 2.45) is 0 Å². The van der Waals surface area contributed by atoms with E-state index in [2.05, 4.69) is 10.6 Å². The molecule has 1 aliphatic heterocycles. The Kier molecular flexibility index (Phi) is 3.54. The number of hydrogen-bond donors (Lipinski definition) is 3. The van der Waals surface area contributed by atoms with Crippen molar-refractivity contribution < 1.29 is 14.8 Å². The Labute approximate surface area is 103 Å². The molecule has 2 atom stereocenters. The summed E-state index contributed by atoms with van der Waals surface area (Å²) in [5.41, 5.74) is 0.469. The number of carbonyl (C=O) groups is 1. The first-order valence-corrected chi connectivity index (χ1v) is 5.53. The monoisotopic (exact) mass is 251 g/mol. The molecule has 1 amide bonds. The van der Waals surface area contributed by atoms with Gasteiger partial charge in [0.1, 0.15) is 0 Å². The minimum absolute atomic E-state index is 0.0255. The van der Waals surface area contributed by atoms with Gasteiger partial charge in [0.25, 0.3) is 5.69 Å². The summed E-state index contributed by atoms with van der Waals surface area (Å²) in [5.74, 6) is -0.250. The van der Waals surface area contributed by atoms with Crippen LogP contribution in [0.15, 0.2) is 24.3 Å². The highest BCUT2D eigenvalue weighted by atomic mass is 16.6. The van der Waals surface area contributed by atoms with Gasteiger partial charge < -0.3 is 15.7 Å². The van der Waals surface area contributed by atoms with Gasteiger partial charge in [0.05, 0.1) is 17.1 Å². The molecule has 0 bridgehead atoms. The fourth-order valence-electron chi connectivity index (χ4n) is 1.81. The van der Waals surface area contributed by atoms with Gasteiger partial charge in [0, 0.05) is 24.4 Å². The zero-order chi connectivity index (χ0) is 13.1. The maximum Gasteiger partial charge on any atom is 0.269 e. The van der Waals surface area contributed by atoms with Gasteiger partial charge in [-0.25, -0.2) is 0 Å². The third-order valence-corrected chi connectivity index (χ3v) is 2.77. The molecule has 3 N–H and O–H groups in total. The number of nitro benzene ring substituents is 1. The zero-order valence-electron chi connectivity index (χ0n) is 9.50. The van der Waals surface area contributed by atoms with Gasteiger partial charge in [0.15, 0.2) is 0 Å². The van der Waals surface area contributed by atoms with Crippen LogP contribution in [0, 0.1) is 10.1 Å². The lowest BCUT2D eigenvalue weighted by Gasteiger charge is -2.10. The van der Waals surface area contributed by atoms with Crippen molar-refractivity contribution in [1.29, 1.82) is 0 Å². The molecule has 1 fully saturated rings. The van der Waals surface area contributed by atoms with Crippen LogP contribution in [0.4, 0.5) is 11.4 Å². The highest BCUT2D eigenvalue weighted by Crippen LogP contribution is 2.16. The van der Waals surface area contributed by atoms with E-state index in [0.29, 0.717) is 18.7 Å². The molecule has 96 valence electrons. The first-order valence-electron chi connectivity index (χ1n) is 5.53. The van der Waals surface area contributed by atoms with Crippen molar-refractivity contribution in [2.45, 2.75) is 18.6 Å². The number of nitrogens with zero attached hydrogens (tertiary/aromatic N) is 1. The van der Waals surface area contributed by atoms with E-state index in [-0.39, 0.29) is 11.6 Å². The molecule has 1 aliphatic rings. The Morgan fingerprint density at radius 3 is 2.61 bits per heavy atom. The van der Waals surface area contributed by atoms with Crippen LogP contribution in [0.2, 0.25) is 0 Å². The Morgan fingerprint density at radius 2 is 2.11 bits per heavy atom. The number of β-amino-alcohol motifs (C(OH)–C–C–N with tert-alkyl or cyclic N) is 1. The summed E-state index contributed by atoms with van der Waals surface area (Å²) in [7, 11) is 0. The number of hydrogen-bond acceptors (Lipinski definition) is 5. The van der Waals surface area contributed by atoms with Crippen LogP contribution in [-0.2, 0) is 4.79 Å². The van der Waals surface area contributed by atoms with Crippen molar-refractivity contribution in [3.05, 3.63) is 34.4 Å². The molecule has 0 aliphatic carbocycles. The highest BCUT2D eigenvalue weighted by Gasteiger charge is 2.27. The number of anilines is 1. The second-order valence-electron chi connectivity index (χ2n) is 4.14. The minimum Gasteiger partial charge on any atom is -0.392 e. The van der Waals surface area contributed by atoms with Crippen LogP contribution in [0.1, 0.15) is 6.42 Å². The van der Waals surface area contributed by atoms with E-state index >= 15 is 0 Å². The Morgan fingerprint density at radius 1 is 1.44 bits per heavy atom. The van der Waals surface area contributed by atoms with E-state index in [9.17, 15) is 20.0 Å². The van der Waals surface area contributed by atoms with E-state index in [1.54, 1.807) is 0 Å². The van der Waals surface area contributed by atoms with Crippen molar-refractivity contribution in [3.8, 4) is 0 Å². The van der Waals surface area contributed by atoms with Crippen LogP contribution >= 0.6 is 0 Å². The standard InChI is InChI=1S/C11H13N3O4/c15-9-5-10(12-6-9)11(16)13-7-1-3-8(4-2-7)14(17)18/h1-4,9-10,12,15H,5-6H2,(H,13,16). The quantitative estimate of drug-likeness (QED) is 0.528. The molecular formula is C11H13N3O4. The Bertz CT molecular complexity index is 460. The maximum absolute atomic E-state index is 11.8. The van der Waals surface area contributed by atoms with Gasteiger partial charge in [-0.1, -0.05) is 0 Å². The van der Waals surface area contributed by atoms with Crippen LogP contribution < -0.4 is 10.6 Å². The number of aliphatic hydroxyl groups excluding tert-OH is 1. The lowest BCUT2D eigenvalue weighted by molar-refractivity contribution is -0.384. The molecule has 1 saturated heterocycles. The molecule has 0 aromatic heterocycles. The molecule has 7 nitrogen and oxygen atoms in total. The third-order valence-electron chi connectivity index (χ3n) is 2.77. The fourth-order valence-corrected chi connectivity index (χ4v) is 1.81. The van der Waals surface area contributed by atoms with Crippen molar-refractivity contribution >= 4 is 17.3 Å². The van der Waals surface area contributed by atoms with E-state index in [0.717, 1.165) is 0 Å². The predicted octanol–water partition coefficient (Wildman–Crippen LogP) is 0.256. The second kappa shape index (κ2) is 5.11. The van der Waals surface area contributed by atoms with Crippen LogP contribution in [0.5, 0.6) is 0 Å². The summed E-state index contributed by atoms with van der Waals surface area (Å²) in [6.45, 7) is 0.401. The second-order valence-corrected chi connectivity index (χ2v) is 4.14. The molecule has 2 rings (SSSR count). The SMILES string of the molecule is O=C(Nc1ccc([N+](=O)[O-])cc1)C1CC(O)CN1. The molecule has 0 spiro atoms. The van der Waals surface area contributed by atoms with Crippen LogP contribution in [0.3, 0.4) is 0 Å². The molecule has 1 aromatic carbocycles. The summed E-state index contributed by atoms with van der Waals surface area (Å²) in [5, 5.41) is 25.3. The molecule has 1 aromatic rings. The molecule has 1 heterocycles. The summed E-state index contributed by atoms with van der Waals surface area (Å²) in [6.07, 6.45) is -0.128. The average molecular weight is 251 g/mol. The van der Waals surface area contributed by atoms with Gasteiger partial charge in [0.2, 0.25) is 5.91 Å². The highest BCUT2D eigenvalue weighted by molar-refractivity contribution is 5.95. The van der Waals surface area contributed by atoms with E-state index in [1.807, 2.05) is 0 Å². The average Bonchev–Trinajstić information content (AvgIpc) is 2.76.